The summed E-state index contributed by atoms with van der Waals surface area (Å²) >= 11 is 0. The molecule has 0 unspecified atom stereocenters. The van der Waals surface area contributed by atoms with E-state index in [1.54, 1.807) is 56.5 Å². The van der Waals surface area contributed by atoms with Crippen molar-refractivity contribution >= 4 is 7.59 Å². The summed E-state index contributed by atoms with van der Waals surface area (Å²) in [6.07, 6.45) is 0. The van der Waals surface area contributed by atoms with Crippen molar-refractivity contribution in [3.63, 3.8) is 0 Å². The molecule has 0 spiro atoms. The van der Waals surface area contributed by atoms with Crippen LogP contribution in [0.5, 0.6) is 0 Å². The van der Waals surface area contributed by atoms with Gasteiger partial charge >= 0.3 is 0 Å². The van der Waals surface area contributed by atoms with Gasteiger partial charge in [0.25, 0.3) is 7.59 Å². The standard InChI is InChI=1S/C9H24N3O4P/c1-10(7-14-4)17(13,11(2)8-15-5)12(3)9-16-6/h7-9H2,1-6H3. The molecular formula is C9H24N3O4P. The van der Waals surface area contributed by atoms with Crippen LogP contribution in [0.25, 0.3) is 0 Å². The van der Waals surface area contributed by atoms with Crippen LogP contribution < -0.4 is 0 Å². The third kappa shape index (κ3) is 4.30. The summed E-state index contributed by atoms with van der Waals surface area (Å²) in [6.45, 7) is 0.790. The smallest absolute Gasteiger partial charge is 0.291 e. The van der Waals surface area contributed by atoms with E-state index in [1.165, 1.54) is 0 Å². The topological polar surface area (TPSA) is 54.5 Å². The maximum atomic E-state index is 13.0. The van der Waals surface area contributed by atoms with Crippen molar-refractivity contribution < 1.29 is 18.8 Å². The van der Waals surface area contributed by atoms with Crippen molar-refractivity contribution in [3.8, 4) is 0 Å². The van der Waals surface area contributed by atoms with E-state index in [2.05, 4.69) is 0 Å². The van der Waals surface area contributed by atoms with Crippen LogP contribution >= 0.6 is 7.59 Å². The van der Waals surface area contributed by atoms with Gasteiger partial charge in [-0.05, 0) is 21.1 Å². The van der Waals surface area contributed by atoms with E-state index in [0.29, 0.717) is 0 Å². The molecule has 0 radical (unpaired) electrons. The van der Waals surface area contributed by atoms with Gasteiger partial charge < -0.3 is 14.2 Å². The number of rotatable bonds is 9. The van der Waals surface area contributed by atoms with Crippen LogP contribution in [0.15, 0.2) is 0 Å². The Morgan fingerprint density at radius 1 is 0.765 bits per heavy atom. The van der Waals surface area contributed by atoms with Crippen molar-refractivity contribution in [1.29, 1.82) is 0 Å². The summed E-state index contributed by atoms with van der Waals surface area (Å²) in [5.41, 5.74) is 0. The van der Waals surface area contributed by atoms with E-state index in [9.17, 15) is 4.57 Å². The molecule has 0 aliphatic carbocycles. The molecule has 0 aromatic rings. The van der Waals surface area contributed by atoms with Gasteiger partial charge in [-0.2, -0.15) is 0 Å². The number of methoxy groups -OCH3 is 3. The minimum absolute atomic E-state index is 0.263. The lowest BCUT2D eigenvalue weighted by Gasteiger charge is -2.39. The number of hydrogen-bond acceptors (Lipinski definition) is 4. The van der Waals surface area contributed by atoms with Crippen LogP contribution in [0.1, 0.15) is 0 Å². The predicted molar refractivity (Wildman–Crippen MR) is 66.5 cm³/mol. The maximum Gasteiger partial charge on any atom is 0.291 e. The molecule has 0 atom stereocenters. The zero-order valence-electron chi connectivity index (χ0n) is 11.5. The largest absolute Gasteiger partial charge is 0.369 e. The Morgan fingerprint density at radius 2 is 1.00 bits per heavy atom. The summed E-state index contributed by atoms with van der Waals surface area (Å²) in [6, 6.07) is 0. The molecule has 104 valence electrons. The Hall–Kier alpha value is -0.0100. The zero-order chi connectivity index (χ0) is 13.5. The second-order valence-corrected chi connectivity index (χ2v) is 6.81. The van der Waals surface area contributed by atoms with Crippen LogP contribution in [0.3, 0.4) is 0 Å². The normalized spacial score (nSPS) is 13.0. The van der Waals surface area contributed by atoms with Crippen LogP contribution in [0.2, 0.25) is 0 Å². The van der Waals surface area contributed by atoms with Crippen molar-refractivity contribution in [2.45, 2.75) is 0 Å². The Kier molecular flexibility index (Phi) is 8.15. The lowest BCUT2D eigenvalue weighted by Crippen LogP contribution is -2.38. The van der Waals surface area contributed by atoms with E-state index in [-0.39, 0.29) is 20.2 Å². The van der Waals surface area contributed by atoms with Gasteiger partial charge in [0.2, 0.25) is 0 Å². The Bertz CT molecular complexity index is 216. The van der Waals surface area contributed by atoms with E-state index in [4.69, 9.17) is 14.2 Å². The molecular weight excluding hydrogens is 245 g/mol. The average Bonchev–Trinajstić information content (AvgIpc) is 2.28. The minimum atomic E-state index is -2.92. The Morgan fingerprint density at radius 3 is 1.18 bits per heavy atom. The zero-order valence-corrected chi connectivity index (χ0v) is 12.4. The Labute approximate surface area is 104 Å². The SMILES string of the molecule is COCN(C)P(=O)(N(C)COC)N(C)COC. The average molecular weight is 269 g/mol. The highest BCUT2D eigenvalue weighted by Crippen LogP contribution is 2.53. The lowest BCUT2D eigenvalue weighted by atomic mass is 11.1. The van der Waals surface area contributed by atoms with Gasteiger partial charge in [-0.3, -0.25) is 4.57 Å². The molecule has 0 saturated carbocycles. The van der Waals surface area contributed by atoms with Gasteiger partial charge in [0.15, 0.2) is 0 Å². The van der Waals surface area contributed by atoms with Crippen molar-refractivity contribution in [2.24, 2.45) is 0 Å². The summed E-state index contributed by atoms with van der Waals surface area (Å²) < 4.78 is 33.0. The van der Waals surface area contributed by atoms with Crippen molar-refractivity contribution in [3.05, 3.63) is 0 Å². The summed E-state index contributed by atoms with van der Waals surface area (Å²) in [4.78, 5) is 0. The van der Waals surface area contributed by atoms with Gasteiger partial charge in [-0.25, -0.2) is 14.0 Å². The third-order valence-corrected chi connectivity index (χ3v) is 5.30. The predicted octanol–water partition coefficient (Wildman–Crippen LogP) is 0.702. The molecule has 8 heteroatoms. The quantitative estimate of drug-likeness (QED) is 0.451. The molecule has 0 aliphatic rings. The molecule has 17 heavy (non-hydrogen) atoms. The molecule has 0 heterocycles. The van der Waals surface area contributed by atoms with Crippen LogP contribution in [-0.4, -0.2) is 76.7 Å². The fraction of sp³-hybridized carbons (Fsp3) is 1.00. The first-order valence-electron chi connectivity index (χ1n) is 5.16. The highest BCUT2D eigenvalue weighted by Gasteiger charge is 2.37. The number of nitrogens with zero attached hydrogens (tertiary/aromatic N) is 3. The first-order chi connectivity index (χ1) is 7.94. The Balaban J connectivity index is 4.98. The maximum absolute atomic E-state index is 13.0. The first-order valence-corrected chi connectivity index (χ1v) is 6.73. The van der Waals surface area contributed by atoms with Crippen LogP contribution in [0, 0.1) is 0 Å². The monoisotopic (exact) mass is 269 g/mol. The molecule has 0 bridgehead atoms. The highest BCUT2D eigenvalue weighted by atomic mass is 31.2. The van der Waals surface area contributed by atoms with Gasteiger partial charge in [0.05, 0.1) is 0 Å². The molecule has 0 aliphatic heterocycles. The number of hydrogen-bond donors (Lipinski definition) is 0. The van der Waals surface area contributed by atoms with E-state index in [1.807, 2.05) is 0 Å². The molecule has 0 saturated heterocycles. The third-order valence-electron chi connectivity index (χ3n) is 2.28. The number of ether oxygens (including phenoxy) is 3. The molecule has 0 aromatic heterocycles. The second-order valence-electron chi connectivity index (χ2n) is 3.74. The van der Waals surface area contributed by atoms with E-state index >= 15 is 0 Å². The van der Waals surface area contributed by atoms with Gasteiger partial charge in [0.1, 0.15) is 20.2 Å². The molecule has 0 amide bonds. The van der Waals surface area contributed by atoms with Gasteiger partial charge in [-0.15, -0.1) is 0 Å². The van der Waals surface area contributed by atoms with Crippen molar-refractivity contribution in [2.75, 3.05) is 62.7 Å². The lowest BCUT2D eigenvalue weighted by molar-refractivity contribution is 0.0737. The molecule has 0 rings (SSSR count). The fourth-order valence-electron chi connectivity index (χ4n) is 1.57. The van der Waals surface area contributed by atoms with Crippen LogP contribution in [0.4, 0.5) is 0 Å². The summed E-state index contributed by atoms with van der Waals surface area (Å²) in [5.74, 6) is 0. The van der Waals surface area contributed by atoms with Gasteiger partial charge in [-0.1, -0.05) is 0 Å². The highest BCUT2D eigenvalue weighted by molar-refractivity contribution is 7.56. The fourth-order valence-corrected chi connectivity index (χ4v) is 3.93. The summed E-state index contributed by atoms with van der Waals surface area (Å²) in [7, 11) is 6.99. The van der Waals surface area contributed by atoms with E-state index < -0.39 is 7.59 Å². The van der Waals surface area contributed by atoms with Crippen LogP contribution in [-0.2, 0) is 18.8 Å². The first kappa shape index (κ1) is 17.0. The minimum Gasteiger partial charge on any atom is -0.369 e. The molecule has 0 N–H and O–H groups in total. The molecule has 0 fully saturated rings. The van der Waals surface area contributed by atoms with Crippen molar-refractivity contribution in [1.82, 2.24) is 14.0 Å². The van der Waals surface area contributed by atoms with E-state index in [0.717, 1.165) is 0 Å². The summed E-state index contributed by atoms with van der Waals surface area (Å²) in [5, 5.41) is 0. The second kappa shape index (κ2) is 8.16. The molecule has 0 aromatic carbocycles. The molecule has 7 nitrogen and oxygen atoms in total. The van der Waals surface area contributed by atoms with Gasteiger partial charge in [0, 0.05) is 21.3 Å².